The maximum absolute atomic E-state index is 2.29. The molecular formula is C20H21Zr-. The topological polar surface area (TPSA) is 0 Å². The monoisotopic (exact) mass is 351 g/mol. The van der Waals surface area contributed by atoms with Crippen LogP contribution >= 0.6 is 0 Å². The second-order valence-electron chi connectivity index (χ2n) is 5.77. The molecule has 0 aliphatic heterocycles. The molecule has 0 saturated carbocycles. The second kappa shape index (κ2) is 6.80. The third-order valence-electron chi connectivity index (χ3n) is 4.30. The Morgan fingerprint density at radius 1 is 1.05 bits per heavy atom. The maximum atomic E-state index is 2.29. The molecule has 0 aromatic heterocycles. The van der Waals surface area contributed by atoms with E-state index in [1.54, 1.807) is 0 Å². The predicted molar refractivity (Wildman–Crippen MR) is 88.4 cm³/mol. The average Bonchev–Trinajstić information content (AvgIpc) is 2.86. The first-order valence-corrected chi connectivity index (χ1v) is 7.45. The van der Waals surface area contributed by atoms with Gasteiger partial charge in [0.15, 0.2) is 0 Å². The van der Waals surface area contributed by atoms with E-state index in [1.807, 2.05) is 0 Å². The van der Waals surface area contributed by atoms with E-state index < -0.39 is 0 Å². The number of hydrogen-bond donors (Lipinski definition) is 0. The minimum atomic E-state index is 0. The number of benzene rings is 2. The van der Waals surface area contributed by atoms with Crippen LogP contribution in [0.1, 0.15) is 37.3 Å². The van der Waals surface area contributed by atoms with Crippen LogP contribution in [-0.2, 0) is 26.2 Å². The van der Waals surface area contributed by atoms with E-state index in [2.05, 4.69) is 75.4 Å². The third kappa shape index (κ3) is 3.24. The van der Waals surface area contributed by atoms with Gasteiger partial charge in [0.25, 0.3) is 0 Å². The molecule has 1 atom stereocenters. The van der Waals surface area contributed by atoms with Crippen molar-refractivity contribution in [2.75, 3.05) is 0 Å². The molecule has 1 unspecified atom stereocenters. The zero-order valence-electron chi connectivity index (χ0n) is 13.0. The van der Waals surface area contributed by atoms with Gasteiger partial charge in [0.05, 0.1) is 0 Å². The Kier molecular flexibility index (Phi) is 5.28. The van der Waals surface area contributed by atoms with Crippen molar-refractivity contribution < 1.29 is 26.2 Å². The van der Waals surface area contributed by atoms with E-state index in [0.717, 1.165) is 0 Å². The summed E-state index contributed by atoms with van der Waals surface area (Å²) in [5.41, 5.74) is 5.42. The van der Waals surface area contributed by atoms with Gasteiger partial charge in [0.2, 0.25) is 0 Å². The van der Waals surface area contributed by atoms with Gasteiger partial charge in [-0.15, -0.1) is 34.5 Å². The summed E-state index contributed by atoms with van der Waals surface area (Å²) in [6.45, 7) is 6.69. The van der Waals surface area contributed by atoms with Crippen LogP contribution in [-0.4, -0.2) is 0 Å². The molecule has 0 bridgehead atoms. The van der Waals surface area contributed by atoms with E-state index in [0.29, 0.717) is 5.92 Å². The van der Waals surface area contributed by atoms with Crippen molar-refractivity contribution in [2.45, 2.75) is 33.1 Å². The Morgan fingerprint density at radius 2 is 1.76 bits per heavy atom. The first kappa shape index (κ1) is 16.3. The van der Waals surface area contributed by atoms with Crippen LogP contribution in [0.5, 0.6) is 0 Å². The van der Waals surface area contributed by atoms with Gasteiger partial charge in [-0.05, 0) is 23.5 Å². The van der Waals surface area contributed by atoms with E-state index in [1.165, 1.54) is 39.4 Å². The van der Waals surface area contributed by atoms with Gasteiger partial charge in [-0.2, -0.15) is 6.07 Å². The summed E-state index contributed by atoms with van der Waals surface area (Å²) in [5.74, 6) is 0.640. The summed E-state index contributed by atoms with van der Waals surface area (Å²) >= 11 is 0. The molecule has 0 radical (unpaired) electrons. The van der Waals surface area contributed by atoms with Gasteiger partial charge < -0.3 is 0 Å². The smallest absolute Gasteiger partial charge is 0 e. The molecular weight excluding hydrogens is 331 g/mol. The number of rotatable bonds is 3. The summed E-state index contributed by atoms with van der Waals surface area (Å²) in [6, 6.07) is 20.2. The molecule has 3 aromatic carbocycles. The van der Waals surface area contributed by atoms with E-state index >= 15 is 0 Å². The molecule has 0 aliphatic rings. The second-order valence-corrected chi connectivity index (χ2v) is 5.77. The molecule has 0 N–H and O–H groups in total. The summed E-state index contributed by atoms with van der Waals surface area (Å²) in [5, 5.41) is 2.70. The van der Waals surface area contributed by atoms with Crippen molar-refractivity contribution >= 4 is 10.8 Å². The zero-order chi connectivity index (χ0) is 14.1. The standard InChI is InChI=1S/C20H21.Zr/c1-4-15(3)16-8-10-17(11-9-16)19-7-5-6-18-12-14(2)13-20(18)19;/h5-13,15H,4H2,1-3H3;/q-1;. The summed E-state index contributed by atoms with van der Waals surface area (Å²) in [4.78, 5) is 0. The molecule has 1 heteroatoms. The predicted octanol–water partition coefficient (Wildman–Crippen LogP) is 6.05. The third-order valence-corrected chi connectivity index (χ3v) is 4.30. The number of aryl methyl sites for hydroxylation is 1. The quantitative estimate of drug-likeness (QED) is 0.504. The number of hydrogen-bond acceptors (Lipinski definition) is 0. The Hall–Kier alpha value is -1.07. The maximum Gasteiger partial charge on any atom is 0 e. The van der Waals surface area contributed by atoms with Crippen molar-refractivity contribution in [3.05, 3.63) is 65.7 Å². The van der Waals surface area contributed by atoms with Crippen molar-refractivity contribution in [2.24, 2.45) is 0 Å². The minimum absolute atomic E-state index is 0. The van der Waals surface area contributed by atoms with Crippen LogP contribution in [0, 0.1) is 6.92 Å². The Bertz CT molecular complexity index is 719. The van der Waals surface area contributed by atoms with Gasteiger partial charge in [0.1, 0.15) is 0 Å². The molecule has 0 spiro atoms. The zero-order valence-corrected chi connectivity index (χ0v) is 15.4. The van der Waals surface area contributed by atoms with E-state index in [4.69, 9.17) is 0 Å². The van der Waals surface area contributed by atoms with E-state index in [-0.39, 0.29) is 26.2 Å². The van der Waals surface area contributed by atoms with Crippen LogP contribution in [0.2, 0.25) is 0 Å². The van der Waals surface area contributed by atoms with Crippen LogP contribution in [0.4, 0.5) is 0 Å². The van der Waals surface area contributed by atoms with Crippen molar-refractivity contribution in [3.63, 3.8) is 0 Å². The van der Waals surface area contributed by atoms with Crippen molar-refractivity contribution in [1.29, 1.82) is 0 Å². The van der Waals surface area contributed by atoms with E-state index in [9.17, 15) is 0 Å². The Balaban J connectivity index is 0.00000161. The normalized spacial score (nSPS) is 12.1. The molecule has 0 heterocycles. The van der Waals surface area contributed by atoms with Crippen LogP contribution < -0.4 is 0 Å². The summed E-state index contributed by atoms with van der Waals surface area (Å²) in [7, 11) is 0. The van der Waals surface area contributed by atoms with Gasteiger partial charge in [0, 0.05) is 26.2 Å². The van der Waals surface area contributed by atoms with Crippen LogP contribution in [0.3, 0.4) is 0 Å². The van der Waals surface area contributed by atoms with Gasteiger partial charge in [-0.3, -0.25) is 0 Å². The first-order chi connectivity index (χ1) is 9.69. The summed E-state index contributed by atoms with van der Waals surface area (Å²) in [6.07, 6.45) is 1.19. The van der Waals surface area contributed by atoms with Gasteiger partial charge in [-0.1, -0.05) is 56.7 Å². The Labute approximate surface area is 146 Å². The number of fused-ring (bicyclic) bond motifs is 1. The van der Waals surface area contributed by atoms with Crippen molar-refractivity contribution in [1.82, 2.24) is 0 Å². The van der Waals surface area contributed by atoms with Crippen LogP contribution in [0.15, 0.2) is 54.6 Å². The molecule has 106 valence electrons. The Morgan fingerprint density at radius 3 is 2.43 bits per heavy atom. The SMILES string of the molecule is CCC(C)c1ccc(-c2cccc3[cH-]c(C)cc23)cc1.[Zr]. The first-order valence-electron chi connectivity index (χ1n) is 7.45. The molecule has 0 nitrogen and oxygen atoms in total. The van der Waals surface area contributed by atoms with Crippen LogP contribution in [0.25, 0.3) is 21.9 Å². The molecule has 0 saturated heterocycles. The molecule has 0 aliphatic carbocycles. The molecule has 3 rings (SSSR count). The minimum Gasteiger partial charge on any atom is -0.165 e. The van der Waals surface area contributed by atoms with Gasteiger partial charge in [-0.25, -0.2) is 0 Å². The average molecular weight is 353 g/mol. The molecule has 0 fully saturated rings. The molecule has 0 amide bonds. The van der Waals surface area contributed by atoms with Gasteiger partial charge >= 0.3 is 0 Å². The molecule has 3 aromatic rings. The fourth-order valence-electron chi connectivity index (χ4n) is 2.86. The largest absolute Gasteiger partial charge is 0.165 e. The summed E-state index contributed by atoms with van der Waals surface area (Å²) < 4.78 is 0. The fourth-order valence-corrected chi connectivity index (χ4v) is 2.86. The van der Waals surface area contributed by atoms with Crippen molar-refractivity contribution in [3.8, 4) is 11.1 Å². The molecule has 21 heavy (non-hydrogen) atoms. The fraction of sp³-hybridized carbons (Fsp3) is 0.250.